The van der Waals surface area contributed by atoms with Gasteiger partial charge in [0, 0.05) is 23.1 Å². The molecule has 0 aliphatic rings. The molecule has 0 radical (unpaired) electrons. The molecule has 6 nitrogen and oxygen atoms in total. The molecule has 0 amide bonds. The van der Waals surface area contributed by atoms with E-state index in [0.717, 1.165) is 17.1 Å². The smallest absolute Gasteiger partial charge is 0.337 e. The van der Waals surface area contributed by atoms with Crippen LogP contribution in [0.15, 0.2) is 54.6 Å². The normalized spacial score (nSPS) is 10.3. The predicted molar refractivity (Wildman–Crippen MR) is 102 cm³/mol. The zero-order chi connectivity index (χ0) is 18.5. The van der Waals surface area contributed by atoms with E-state index in [1.807, 2.05) is 44.2 Å². The van der Waals surface area contributed by atoms with Crippen LogP contribution in [0.3, 0.4) is 0 Å². The zero-order valence-corrected chi connectivity index (χ0v) is 14.9. The molecule has 0 fully saturated rings. The highest BCUT2D eigenvalue weighted by Crippen LogP contribution is 2.20. The van der Waals surface area contributed by atoms with Crippen molar-refractivity contribution in [3.05, 3.63) is 71.4 Å². The van der Waals surface area contributed by atoms with Gasteiger partial charge in [-0.05, 0) is 50.2 Å². The highest BCUT2D eigenvalue weighted by molar-refractivity contribution is 5.89. The van der Waals surface area contributed by atoms with Gasteiger partial charge >= 0.3 is 5.97 Å². The summed E-state index contributed by atoms with van der Waals surface area (Å²) in [7, 11) is 1.36. The van der Waals surface area contributed by atoms with E-state index < -0.39 is 0 Å². The Kier molecular flexibility index (Phi) is 5.12. The SMILES string of the molecule is COC(=O)c1ccc(Nc2nc(C)cc(Nc3ccc(C)cc3)n2)cc1. The van der Waals surface area contributed by atoms with Gasteiger partial charge in [-0.2, -0.15) is 4.98 Å². The van der Waals surface area contributed by atoms with Gasteiger partial charge in [0.15, 0.2) is 0 Å². The Balaban J connectivity index is 1.77. The van der Waals surface area contributed by atoms with Crippen LogP contribution in [-0.2, 0) is 4.74 Å². The van der Waals surface area contributed by atoms with Gasteiger partial charge in [-0.3, -0.25) is 0 Å². The quantitative estimate of drug-likeness (QED) is 0.667. The fourth-order valence-electron chi connectivity index (χ4n) is 2.41. The molecular weight excluding hydrogens is 328 g/mol. The lowest BCUT2D eigenvalue weighted by molar-refractivity contribution is 0.0601. The van der Waals surface area contributed by atoms with Crippen molar-refractivity contribution in [1.82, 2.24) is 9.97 Å². The average molecular weight is 348 g/mol. The summed E-state index contributed by atoms with van der Waals surface area (Å²) >= 11 is 0. The first-order valence-electron chi connectivity index (χ1n) is 8.18. The molecule has 2 aromatic carbocycles. The number of ether oxygens (including phenoxy) is 1. The second kappa shape index (κ2) is 7.65. The molecule has 0 spiro atoms. The number of carbonyl (C=O) groups is 1. The molecule has 6 heteroatoms. The van der Waals surface area contributed by atoms with E-state index in [-0.39, 0.29) is 5.97 Å². The number of aromatic nitrogens is 2. The molecule has 3 aromatic rings. The van der Waals surface area contributed by atoms with Gasteiger partial charge in [0.1, 0.15) is 5.82 Å². The van der Waals surface area contributed by atoms with E-state index in [4.69, 9.17) is 4.74 Å². The van der Waals surface area contributed by atoms with Crippen molar-refractivity contribution in [2.45, 2.75) is 13.8 Å². The maximum atomic E-state index is 11.5. The maximum absolute atomic E-state index is 11.5. The third kappa shape index (κ3) is 4.36. The van der Waals surface area contributed by atoms with Gasteiger partial charge in [0.05, 0.1) is 12.7 Å². The number of hydrogen-bond acceptors (Lipinski definition) is 6. The largest absolute Gasteiger partial charge is 0.465 e. The van der Waals surface area contributed by atoms with E-state index in [1.54, 1.807) is 24.3 Å². The minimum absolute atomic E-state index is 0.368. The number of carbonyl (C=O) groups excluding carboxylic acids is 1. The summed E-state index contributed by atoms with van der Waals surface area (Å²) in [6.07, 6.45) is 0. The van der Waals surface area contributed by atoms with E-state index in [0.29, 0.717) is 17.3 Å². The number of aryl methyl sites for hydroxylation is 2. The number of anilines is 4. The summed E-state index contributed by atoms with van der Waals surface area (Å²) in [5.41, 5.74) is 4.27. The zero-order valence-electron chi connectivity index (χ0n) is 14.9. The molecule has 2 N–H and O–H groups in total. The summed E-state index contributed by atoms with van der Waals surface area (Å²) in [6, 6.07) is 16.9. The first-order valence-corrected chi connectivity index (χ1v) is 8.18. The number of hydrogen-bond donors (Lipinski definition) is 2. The molecule has 3 rings (SSSR count). The van der Waals surface area contributed by atoms with Crippen LogP contribution in [0.1, 0.15) is 21.6 Å². The fraction of sp³-hybridized carbons (Fsp3) is 0.150. The van der Waals surface area contributed by atoms with E-state index in [2.05, 4.69) is 20.6 Å². The van der Waals surface area contributed by atoms with Gasteiger partial charge in [0.25, 0.3) is 0 Å². The molecular formula is C20H20N4O2. The molecule has 0 saturated carbocycles. The predicted octanol–water partition coefficient (Wildman–Crippen LogP) is 4.37. The Bertz CT molecular complexity index is 906. The van der Waals surface area contributed by atoms with Crippen molar-refractivity contribution in [2.75, 3.05) is 17.7 Å². The van der Waals surface area contributed by atoms with Crippen LogP contribution >= 0.6 is 0 Å². The maximum Gasteiger partial charge on any atom is 0.337 e. The number of nitrogens with zero attached hydrogens (tertiary/aromatic N) is 2. The number of benzene rings is 2. The van der Waals surface area contributed by atoms with Crippen molar-refractivity contribution in [3.63, 3.8) is 0 Å². The average Bonchev–Trinajstić information content (AvgIpc) is 2.63. The van der Waals surface area contributed by atoms with Gasteiger partial charge < -0.3 is 15.4 Å². The van der Waals surface area contributed by atoms with Crippen molar-refractivity contribution in [2.24, 2.45) is 0 Å². The molecule has 132 valence electrons. The highest BCUT2D eigenvalue weighted by atomic mass is 16.5. The van der Waals surface area contributed by atoms with Crippen molar-refractivity contribution >= 4 is 29.1 Å². The lowest BCUT2D eigenvalue weighted by Gasteiger charge is -2.10. The van der Waals surface area contributed by atoms with Gasteiger partial charge in [-0.25, -0.2) is 9.78 Å². The van der Waals surface area contributed by atoms with E-state index >= 15 is 0 Å². The van der Waals surface area contributed by atoms with Crippen LogP contribution in [0.2, 0.25) is 0 Å². The molecule has 0 atom stereocenters. The fourth-order valence-corrected chi connectivity index (χ4v) is 2.41. The Morgan fingerprint density at radius 1 is 0.885 bits per heavy atom. The summed E-state index contributed by atoms with van der Waals surface area (Å²) in [4.78, 5) is 20.4. The van der Waals surface area contributed by atoms with Crippen molar-refractivity contribution in [3.8, 4) is 0 Å². The second-order valence-corrected chi connectivity index (χ2v) is 5.90. The van der Waals surface area contributed by atoms with Crippen LogP contribution in [0.5, 0.6) is 0 Å². The van der Waals surface area contributed by atoms with Crippen molar-refractivity contribution in [1.29, 1.82) is 0 Å². The topological polar surface area (TPSA) is 76.1 Å². The standard InChI is InChI=1S/C20H20N4O2/c1-13-4-8-16(9-5-13)22-18-12-14(2)21-20(24-18)23-17-10-6-15(7-11-17)19(25)26-3/h4-12H,1-3H3,(H2,21,22,23,24). The van der Waals surface area contributed by atoms with E-state index in [1.165, 1.54) is 12.7 Å². The summed E-state index contributed by atoms with van der Waals surface area (Å²) in [5, 5.41) is 6.43. The molecule has 0 aliphatic carbocycles. The van der Waals surface area contributed by atoms with Crippen LogP contribution in [0, 0.1) is 13.8 Å². The summed E-state index contributed by atoms with van der Waals surface area (Å²) < 4.78 is 4.70. The lowest BCUT2D eigenvalue weighted by Crippen LogP contribution is -2.03. The minimum atomic E-state index is -0.368. The third-order valence-corrected chi connectivity index (χ3v) is 3.74. The first-order chi connectivity index (χ1) is 12.5. The summed E-state index contributed by atoms with van der Waals surface area (Å²) in [6.45, 7) is 3.96. The summed E-state index contributed by atoms with van der Waals surface area (Å²) in [5.74, 6) is 0.813. The van der Waals surface area contributed by atoms with Crippen molar-refractivity contribution < 1.29 is 9.53 Å². The van der Waals surface area contributed by atoms with Crippen LogP contribution < -0.4 is 10.6 Å². The molecule has 0 unspecified atom stereocenters. The first kappa shape index (κ1) is 17.4. The molecule has 0 aliphatic heterocycles. The number of methoxy groups -OCH3 is 1. The molecule has 26 heavy (non-hydrogen) atoms. The second-order valence-electron chi connectivity index (χ2n) is 5.90. The third-order valence-electron chi connectivity index (χ3n) is 3.74. The van der Waals surface area contributed by atoms with Crippen LogP contribution in [0.4, 0.5) is 23.1 Å². The van der Waals surface area contributed by atoms with Crippen LogP contribution in [0.25, 0.3) is 0 Å². The van der Waals surface area contributed by atoms with Gasteiger partial charge in [-0.1, -0.05) is 17.7 Å². The molecule has 0 bridgehead atoms. The van der Waals surface area contributed by atoms with Gasteiger partial charge in [0.2, 0.25) is 5.95 Å². The molecule has 1 aromatic heterocycles. The Morgan fingerprint density at radius 2 is 1.50 bits per heavy atom. The van der Waals surface area contributed by atoms with Gasteiger partial charge in [-0.15, -0.1) is 0 Å². The monoisotopic (exact) mass is 348 g/mol. The lowest BCUT2D eigenvalue weighted by atomic mass is 10.2. The van der Waals surface area contributed by atoms with Crippen LogP contribution in [-0.4, -0.2) is 23.0 Å². The number of esters is 1. The number of nitrogens with one attached hydrogen (secondary N) is 2. The molecule has 0 saturated heterocycles. The Labute approximate surface area is 152 Å². The van der Waals surface area contributed by atoms with E-state index in [9.17, 15) is 4.79 Å². The highest BCUT2D eigenvalue weighted by Gasteiger charge is 2.06. The Morgan fingerprint density at radius 3 is 2.15 bits per heavy atom. The molecule has 1 heterocycles. The minimum Gasteiger partial charge on any atom is -0.465 e. The number of rotatable bonds is 5. The Hall–Kier alpha value is -3.41.